The van der Waals surface area contributed by atoms with Crippen LogP contribution in [0.5, 0.6) is 0 Å². The minimum atomic E-state index is 1.08. The second-order valence-corrected chi connectivity index (χ2v) is 5.79. The van der Waals surface area contributed by atoms with Crippen molar-refractivity contribution >= 4 is 21.5 Å². The van der Waals surface area contributed by atoms with Gasteiger partial charge in [0.15, 0.2) is 0 Å². The lowest BCUT2D eigenvalue weighted by Gasteiger charge is -2.10. The molecule has 0 bridgehead atoms. The van der Waals surface area contributed by atoms with Crippen LogP contribution in [0.2, 0.25) is 0 Å². The molecule has 4 rings (SSSR count). The van der Waals surface area contributed by atoms with Crippen molar-refractivity contribution in [1.82, 2.24) is 0 Å². The highest BCUT2D eigenvalue weighted by molar-refractivity contribution is 6.08. The van der Waals surface area contributed by atoms with Crippen molar-refractivity contribution in [3.8, 4) is 0 Å². The summed E-state index contributed by atoms with van der Waals surface area (Å²) in [6.07, 6.45) is 2.17. The highest BCUT2D eigenvalue weighted by Gasteiger charge is 2.06. The molecule has 0 unspecified atom stereocenters. The molecule has 0 heteroatoms. The Morgan fingerprint density at radius 1 is 0.500 bits per heavy atom. The maximum Gasteiger partial charge on any atom is -0.0103 e. The second kappa shape index (κ2) is 5.65. The van der Waals surface area contributed by atoms with Gasteiger partial charge in [0.25, 0.3) is 0 Å². The first-order valence-electron chi connectivity index (χ1n) is 7.85. The first-order valence-corrected chi connectivity index (χ1v) is 7.85. The van der Waals surface area contributed by atoms with Crippen LogP contribution in [0.1, 0.15) is 11.1 Å². The Morgan fingerprint density at radius 3 is 1.95 bits per heavy atom. The molecule has 0 N–H and O–H groups in total. The van der Waals surface area contributed by atoms with Crippen LogP contribution in [0.3, 0.4) is 0 Å². The van der Waals surface area contributed by atoms with Crippen LogP contribution in [0.15, 0.2) is 84.9 Å². The summed E-state index contributed by atoms with van der Waals surface area (Å²) >= 11 is 0. The molecule has 0 aliphatic carbocycles. The highest BCUT2D eigenvalue weighted by Crippen LogP contribution is 2.29. The molecule has 4 aromatic rings. The number of rotatable bonds is 3. The zero-order valence-corrected chi connectivity index (χ0v) is 12.5. The van der Waals surface area contributed by atoms with E-state index in [2.05, 4.69) is 84.9 Å². The Balaban J connectivity index is 1.81. The van der Waals surface area contributed by atoms with E-state index in [0.29, 0.717) is 0 Å². The summed E-state index contributed by atoms with van der Waals surface area (Å²) in [5.74, 6) is 0. The van der Waals surface area contributed by atoms with Crippen molar-refractivity contribution in [3.63, 3.8) is 0 Å². The summed E-state index contributed by atoms with van der Waals surface area (Å²) in [5, 5.41) is 5.44. The number of hydrogen-bond acceptors (Lipinski definition) is 0. The summed E-state index contributed by atoms with van der Waals surface area (Å²) in [4.78, 5) is 0. The Hall–Kier alpha value is -2.60. The maximum absolute atomic E-state index is 2.36. The maximum atomic E-state index is 2.36. The van der Waals surface area contributed by atoms with Gasteiger partial charge in [-0.15, -0.1) is 0 Å². The van der Waals surface area contributed by atoms with Gasteiger partial charge in [-0.05, 0) is 45.5 Å². The molecule has 0 spiro atoms. The minimum absolute atomic E-state index is 1.08. The molecule has 0 heterocycles. The fourth-order valence-corrected chi connectivity index (χ4v) is 3.26. The summed E-state index contributed by atoms with van der Waals surface area (Å²) in [6, 6.07) is 30.6. The molecular formula is C22H18. The van der Waals surface area contributed by atoms with Crippen molar-refractivity contribution in [1.29, 1.82) is 0 Å². The van der Waals surface area contributed by atoms with Gasteiger partial charge in [0, 0.05) is 0 Å². The van der Waals surface area contributed by atoms with E-state index in [-0.39, 0.29) is 0 Å². The monoisotopic (exact) mass is 282 g/mol. The van der Waals surface area contributed by atoms with Crippen molar-refractivity contribution in [2.45, 2.75) is 12.8 Å². The first-order chi connectivity index (χ1) is 10.9. The standard InChI is InChI=1S/C22H18/c1-2-8-17(9-3-1)14-15-19-16-18-10-4-5-11-20(18)22-13-7-6-12-21(19)22/h1-13,16H,14-15H2. The van der Waals surface area contributed by atoms with Gasteiger partial charge in [-0.1, -0.05) is 84.9 Å². The Kier molecular flexibility index (Phi) is 3.36. The number of benzene rings is 4. The fourth-order valence-electron chi connectivity index (χ4n) is 3.26. The van der Waals surface area contributed by atoms with Crippen LogP contribution < -0.4 is 0 Å². The molecule has 0 atom stereocenters. The zero-order chi connectivity index (χ0) is 14.8. The van der Waals surface area contributed by atoms with Gasteiger partial charge in [0.1, 0.15) is 0 Å². The largest absolute Gasteiger partial charge is 0.0622 e. The third kappa shape index (κ3) is 2.37. The predicted octanol–water partition coefficient (Wildman–Crippen LogP) is 5.78. The molecule has 106 valence electrons. The molecule has 22 heavy (non-hydrogen) atoms. The molecular weight excluding hydrogens is 264 g/mol. The average Bonchev–Trinajstić information content (AvgIpc) is 2.60. The lowest BCUT2D eigenvalue weighted by atomic mass is 9.94. The van der Waals surface area contributed by atoms with Crippen LogP contribution in [-0.4, -0.2) is 0 Å². The molecule has 0 amide bonds. The lowest BCUT2D eigenvalue weighted by molar-refractivity contribution is 0.971. The smallest absolute Gasteiger partial charge is 0.0103 e. The van der Waals surface area contributed by atoms with Crippen LogP contribution in [0.25, 0.3) is 21.5 Å². The van der Waals surface area contributed by atoms with Gasteiger partial charge in [0.05, 0.1) is 0 Å². The minimum Gasteiger partial charge on any atom is -0.0622 e. The topological polar surface area (TPSA) is 0 Å². The van der Waals surface area contributed by atoms with Crippen LogP contribution >= 0.6 is 0 Å². The Bertz CT molecular complexity index is 920. The van der Waals surface area contributed by atoms with E-state index in [0.717, 1.165) is 12.8 Å². The van der Waals surface area contributed by atoms with Crippen LogP contribution in [0.4, 0.5) is 0 Å². The molecule has 0 aliphatic rings. The SMILES string of the molecule is c1ccc(CCc2cc3ccccc3c3ccccc23)cc1. The molecule has 0 radical (unpaired) electrons. The molecule has 0 saturated carbocycles. The number of fused-ring (bicyclic) bond motifs is 3. The quantitative estimate of drug-likeness (QED) is 0.418. The molecule has 0 nitrogen and oxygen atoms in total. The predicted molar refractivity (Wildman–Crippen MR) is 95.3 cm³/mol. The average molecular weight is 282 g/mol. The van der Waals surface area contributed by atoms with Gasteiger partial charge in [-0.25, -0.2) is 0 Å². The summed E-state index contributed by atoms with van der Waals surface area (Å²) < 4.78 is 0. The number of hydrogen-bond donors (Lipinski definition) is 0. The van der Waals surface area contributed by atoms with Gasteiger partial charge in [0.2, 0.25) is 0 Å². The second-order valence-electron chi connectivity index (χ2n) is 5.79. The summed E-state index contributed by atoms with van der Waals surface area (Å²) in [5.41, 5.74) is 2.85. The zero-order valence-electron chi connectivity index (χ0n) is 12.5. The number of aryl methyl sites for hydroxylation is 2. The molecule has 4 aromatic carbocycles. The van der Waals surface area contributed by atoms with E-state index < -0.39 is 0 Å². The fraction of sp³-hybridized carbons (Fsp3) is 0.0909. The van der Waals surface area contributed by atoms with Crippen molar-refractivity contribution in [3.05, 3.63) is 96.1 Å². The van der Waals surface area contributed by atoms with Gasteiger partial charge in [-0.2, -0.15) is 0 Å². The Morgan fingerprint density at radius 2 is 1.14 bits per heavy atom. The van der Waals surface area contributed by atoms with E-state index in [1.165, 1.54) is 32.7 Å². The van der Waals surface area contributed by atoms with Gasteiger partial charge < -0.3 is 0 Å². The highest BCUT2D eigenvalue weighted by atomic mass is 14.1. The van der Waals surface area contributed by atoms with Gasteiger partial charge >= 0.3 is 0 Å². The normalized spacial score (nSPS) is 11.1. The molecule has 0 aromatic heterocycles. The van der Waals surface area contributed by atoms with Crippen molar-refractivity contribution in [2.24, 2.45) is 0 Å². The van der Waals surface area contributed by atoms with E-state index in [4.69, 9.17) is 0 Å². The van der Waals surface area contributed by atoms with E-state index in [1.807, 2.05) is 0 Å². The van der Waals surface area contributed by atoms with E-state index >= 15 is 0 Å². The van der Waals surface area contributed by atoms with E-state index in [1.54, 1.807) is 0 Å². The third-order valence-corrected chi connectivity index (χ3v) is 4.38. The molecule has 0 fully saturated rings. The lowest BCUT2D eigenvalue weighted by Crippen LogP contribution is -1.93. The summed E-state index contributed by atoms with van der Waals surface area (Å²) in [6.45, 7) is 0. The third-order valence-electron chi connectivity index (χ3n) is 4.38. The molecule has 0 saturated heterocycles. The van der Waals surface area contributed by atoms with Crippen molar-refractivity contribution < 1.29 is 0 Å². The molecule has 0 aliphatic heterocycles. The van der Waals surface area contributed by atoms with Crippen molar-refractivity contribution in [2.75, 3.05) is 0 Å². The van der Waals surface area contributed by atoms with E-state index in [9.17, 15) is 0 Å². The Labute approximate surface area is 131 Å². The van der Waals surface area contributed by atoms with Crippen LogP contribution in [-0.2, 0) is 12.8 Å². The van der Waals surface area contributed by atoms with Crippen LogP contribution in [0, 0.1) is 0 Å². The first kappa shape index (κ1) is 13.1. The summed E-state index contributed by atoms with van der Waals surface area (Å²) in [7, 11) is 0. The van der Waals surface area contributed by atoms with Gasteiger partial charge in [-0.3, -0.25) is 0 Å².